The van der Waals surface area contributed by atoms with E-state index in [1.165, 1.54) is 0 Å². The molecule has 2 rings (SSSR count). The van der Waals surface area contributed by atoms with Crippen LogP contribution in [0.4, 0.5) is 0 Å². The van der Waals surface area contributed by atoms with Crippen LogP contribution in [0.15, 0.2) is 12.7 Å². The minimum atomic E-state index is -0.498. The van der Waals surface area contributed by atoms with Gasteiger partial charge in [-0.3, -0.25) is 0 Å². The molecule has 0 radical (unpaired) electrons. The minimum Gasteiger partial charge on any atom is -0.375 e. The van der Waals surface area contributed by atoms with Crippen molar-refractivity contribution in [1.82, 2.24) is 4.90 Å². The highest BCUT2D eigenvalue weighted by Gasteiger charge is 2.47. The van der Waals surface area contributed by atoms with Crippen molar-refractivity contribution in [3.63, 3.8) is 0 Å². The zero-order valence-electron chi connectivity index (χ0n) is 8.57. The van der Waals surface area contributed by atoms with Gasteiger partial charge in [-0.15, -0.1) is 6.58 Å². The summed E-state index contributed by atoms with van der Waals surface area (Å²) < 4.78 is 16.6. The zero-order chi connectivity index (χ0) is 10.0. The Morgan fingerprint density at radius 3 is 3.29 bits per heavy atom. The quantitative estimate of drug-likeness (QED) is 0.490. The standard InChI is InChI=1S/C10H17NO3/c1-3-5-12-8-9-7-11-4-6-13-10(11,2)14-9/h3,9H,1,4-8H2,2H3/t9-,10-/m1/s1. The van der Waals surface area contributed by atoms with E-state index in [4.69, 9.17) is 14.2 Å². The van der Waals surface area contributed by atoms with Crippen LogP contribution in [0.5, 0.6) is 0 Å². The fourth-order valence-electron chi connectivity index (χ4n) is 1.97. The van der Waals surface area contributed by atoms with Gasteiger partial charge in [-0.25, -0.2) is 4.90 Å². The Morgan fingerprint density at radius 2 is 2.57 bits per heavy atom. The van der Waals surface area contributed by atoms with Crippen LogP contribution in [-0.4, -0.2) is 49.8 Å². The number of fused-ring (bicyclic) bond motifs is 1. The Labute approximate surface area is 84.4 Å². The molecule has 2 aliphatic rings. The summed E-state index contributed by atoms with van der Waals surface area (Å²) in [4.78, 5) is 2.20. The molecular weight excluding hydrogens is 182 g/mol. The van der Waals surface area contributed by atoms with Gasteiger partial charge in [0, 0.05) is 20.0 Å². The maximum Gasteiger partial charge on any atom is 0.227 e. The molecule has 0 aromatic carbocycles. The summed E-state index contributed by atoms with van der Waals surface area (Å²) >= 11 is 0. The average molecular weight is 199 g/mol. The maximum absolute atomic E-state index is 5.76. The van der Waals surface area contributed by atoms with Gasteiger partial charge in [0.15, 0.2) is 0 Å². The lowest BCUT2D eigenvalue weighted by molar-refractivity contribution is -0.235. The maximum atomic E-state index is 5.76. The molecule has 0 unspecified atom stereocenters. The molecule has 4 heteroatoms. The van der Waals surface area contributed by atoms with Crippen molar-refractivity contribution in [3.8, 4) is 0 Å². The zero-order valence-corrected chi connectivity index (χ0v) is 8.57. The molecule has 14 heavy (non-hydrogen) atoms. The third-order valence-corrected chi connectivity index (χ3v) is 2.65. The van der Waals surface area contributed by atoms with Crippen molar-refractivity contribution in [1.29, 1.82) is 0 Å². The number of rotatable bonds is 4. The van der Waals surface area contributed by atoms with E-state index in [1.807, 2.05) is 6.92 Å². The van der Waals surface area contributed by atoms with Crippen molar-refractivity contribution in [2.24, 2.45) is 0 Å². The van der Waals surface area contributed by atoms with E-state index in [-0.39, 0.29) is 6.10 Å². The van der Waals surface area contributed by atoms with Gasteiger partial charge in [-0.05, 0) is 0 Å². The number of nitrogens with zero attached hydrogens (tertiary/aromatic N) is 1. The molecule has 80 valence electrons. The van der Waals surface area contributed by atoms with Gasteiger partial charge in [-0.2, -0.15) is 0 Å². The number of hydrogen-bond donors (Lipinski definition) is 0. The first kappa shape index (κ1) is 10.1. The molecule has 2 atom stereocenters. The fourth-order valence-corrected chi connectivity index (χ4v) is 1.97. The Balaban J connectivity index is 1.80. The summed E-state index contributed by atoms with van der Waals surface area (Å²) in [5.74, 6) is -0.498. The number of hydrogen-bond acceptors (Lipinski definition) is 4. The van der Waals surface area contributed by atoms with Crippen LogP contribution in [-0.2, 0) is 14.2 Å². The van der Waals surface area contributed by atoms with E-state index in [9.17, 15) is 0 Å². The Kier molecular flexibility index (Phi) is 2.88. The molecule has 2 heterocycles. The average Bonchev–Trinajstić information content (AvgIpc) is 2.59. The second-order valence-corrected chi connectivity index (χ2v) is 3.76. The van der Waals surface area contributed by atoms with Crippen molar-refractivity contribution in [3.05, 3.63) is 12.7 Å². The normalized spacial score (nSPS) is 37.4. The van der Waals surface area contributed by atoms with E-state index in [0.717, 1.165) is 19.7 Å². The van der Waals surface area contributed by atoms with Crippen molar-refractivity contribution in [2.45, 2.75) is 18.9 Å². The topological polar surface area (TPSA) is 30.9 Å². The minimum absolute atomic E-state index is 0.125. The van der Waals surface area contributed by atoms with Crippen LogP contribution in [0, 0.1) is 0 Å². The van der Waals surface area contributed by atoms with Gasteiger partial charge >= 0.3 is 0 Å². The monoisotopic (exact) mass is 199 g/mol. The van der Waals surface area contributed by atoms with Gasteiger partial charge < -0.3 is 14.2 Å². The third kappa shape index (κ3) is 1.83. The summed E-state index contributed by atoms with van der Waals surface area (Å²) in [6, 6.07) is 0. The van der Waals surface area contributed by atoms with E-state index in [1.54, 1.807) is 6.08 Å². The first-order valence-electron chi connectivity index (χ1n) is 5.00. The molecule has 0 bridgehead atoms. The molecule has 2 aliphatic heterocycles. The van der Waals surface area contributed by atoms with Crippen LogP contribution >= 0.6 is 0 Å². The molecule has 0 spiro atoms. The molecular formula is C10H17NO3. The van der Waals surface area contributed by atoms with E-state index in [2.05, 4.69) is 11.5 Å². The van der Waals surface area contributed by atoms with E-state index in [0.29, 0.717) is 13.2 Å². The highest BCUT2D eigenvalue weighted by atomic mass is 16.7. The Bertz CT molecular complexity index is 221. The molecule has 2 saturated heterocycles. The highest BCUT2D eigenvalue weighted by Crippen LogP contribution is 2.32. The predicted molar refractivity (Wildman–Crippen MR) is 51.8 cm³/mol. The Morgan fingerprint density at radius 1 is 1.71 bits per heavy atom. The molecule has 0 N–H and O–H groups in total. The number of ether oxygens (including phenoxy) is 3. The third-order valence-electron chi connectivity index (χ3n) is 2.65. The molecule has 4 nitrogen and oxygen atoms in total. The van der Waals surface area contributed by atoms with Gasteiger partial charge in [0.1, 0.15) is 0 Å². The molecule has 0 aliphatic carbocycles. The SMILES string of the molecule is C=CCOC[C@H]1CN2CCO[C@]2(C)O1. The second-order valence-electron chi connectivity index (χ2n) is 3.76. The van der Waals surface area contributed by atoms with Crippen LogP contribution in [0.3, 0.4) is 0 Å². The summed E-state index contributed by atoms with van der Waals surface area (Å²) in [6.07, 6.45) is 1.87. The molecule has 0 saturated carbocycles. The van der Waals surface area contributed by atoms with E-state index >= 15 is 0 Å². The van der Waals surface area contributed by atoms with Crippen LogP contribution < -0.4 is 0 Å². The summed E-state index contributed by atoms with van der Waals surface area (Å²) in [5.41, 5.74) is 0. The van der Waals surface area contributed by atoms with Crippen molar-refractivity contribution in [2.75, 3.05) is 32.9 Å². The van der Waals surface area contributed by atoms with Crippen molar-refractivity contribution >= 4 is 0 Å². The lowest BCUT2D eigenvalue weighted by Crippen LogP contribution is -2.37. The molecule has 0 aromatic rings. The fraction of sp³-hybridized carbons (Fsp3) is 0.800. The first-order valence-corrected chi connectivity index (χ1v) is 5.00. The van der Waals surface area contributed by atoms with E-state index < -0.39 is 5.91 Å². The van der Waals surface area contributed by atoms with Gasteiger partial charge in [-0.1, -0.05) is 6.08 Å². The van der Waals surface area contributed by atoms with Crippen LogP contribution in [0.2, 0.25) is 0 Å². The summed E-state index contributed by atoms with van der Waals surface area (Å²) in [6.45, 7) is 9.36. The summed E-state index contributed by atoms with van der Waals surface area (Å²) in [7, 11) is 0. The van der Waals surface area contributed by atoms with Crippen LogP contribution in [0.1, 0.15) is 6.92 Å². The van der Waals surface area contributed by atoms with Gasteiger partial charge in [0.05, 0.1) is 25.9 Å². The van der Waals surface area contributed by atoms with Gasteiger partial charge in [0.25, 0.3) is 0 Å². The van der Waals surface area contributed by atoms with Crippen LogP contribution in [0.25, 0.3) is 0 Å². The van der Waals surface area contributed by atoms with Gasteiger partial charge in [0.2, 0.25) is 5.91 Å². The lowest BCUT2D eigenvalue weighted by Gasteiger charge is -2.23. The van der Waals surface area contributed by atoms with Crippen molar-refractivity contribution < 1.29 is 14.2 Å². The summed E-state index contributed by atoms with van der Waals surface area (Å²) in [5, 5.41) is 0. The molecule has 2 fully saturated rings. The highest BCUT2D eigenvalue weighted by molar-refractivity contribution is 4.85. The Hall–Kier alpha value is -0.420. The first-order chi connectivity index (χ1) is 6.74. The second kappa shape index (κ2) is 3.98. The molecule has 0 amide bonds. The smallest absolute Gasteiger partial charge is 0.227 e. The molecule has 0 aromatic heterocycles. The lowest BCUT2D eigenvalue weighted by atomic mass is 10.3. The predicted octanol–water partition coefficient (Wildman–Crippen LogP) is 0.594. The largest absolute Gasteiger partial charge is 0.375 e.